The Bertz CT molecular complexity index is 457. The number of anilines is 1. The number of nitrogens with one attached hydrogen (secondary N) is 1. The third-order valence-corrected chi connectivity index (χ3v) is 3.72. The minimum atomic E-state index is -0.602. The van der Waals surface area contributed by atoms with Crippen molar-refractivity contribution in [3.63, 3.8) is 0 Å². The predicted octanol–water partition coefficient (Wildman–Crippen LogP) is 3.35. The van der Waals surface area contributed by atoms with Crippen LogP contribution in [0.3, 0.4) is 0 Å². The van der Waals surface area contributed by atoms with Gasteiger partial charge in [0.1, 0.15) is 0 Å². The first-order valence-electron chi connectivity index (χ1n) is 6.96. The molecule has 1 aromatic rings. The molecule has 0 saturated heterocycles. The fraction of sp³-hybridized carbons (Fsp3) is 0.533. The maximum Gasteiger partial charge on any atom is 0.231 e. The third-order valence-electron chi connectivity index (χ3n) is 3.72. The number of benzene rings is 1. The van der Waals surface area contributed by atoms with Gasteiger partial charge in [0.2, 0.25) is 5.91 Å². The minimum Gasteiger partial charge on any atom is -0.491 e. The van der Waals surface area contributed by atoms with Crippen LogP contribution in [0.5, 0.6) is 5.75 Å². The van der Waals surface area contributed by atoms with Crippen molar-refractivity contribution in [2.24, 2.45) is 11.1 Å². The van der Waals surface area contributed by atoms with Gasteiger partial charge >= 0.3 is 0 Å². The average Bonchev–Trinajstić information content (AvgIpc) is 2.44. The Balaban J connectivity index is 0.00000400. The first kappa shape index (κ1) is 19.7. The Morgan fingerprint density at radius 2 is 1.95 bits per heavy atom. The van der Waals surface area contributed by atoms with E-state index in [0.717, 1.165) is 0 Å². The lowest BCUT2D eigenvalue weighted by molar-refractivity contribution is -0.125. The van der Waals surface area contributed by atoms with Crippen molar-refractivity contribution in [3.8, 4) is 5.75 Å². The zero-order valence-electron chi connectivity index (χ0n) is 12.7. The quantitative estimate of drug-likeness (QED) is 0.810. The molecular formula is C15H24ClFN2O2. The highest BCUT2D eigenvalue weighted by Crippen LogP contribution is 2.28. The van der Waals surface area contributed by atoms with Gasteiger partial charge in [-0.05, 0) is 31.9 Å². The molecule has 0 aliphatic rings. The summed E-state index contributed by atoms with van der Waals surface area (Å²) in [7, 11) is 0. The second-order valence-electron chi connectivity index (χ2n) is 4.72. The number of nitrogens with two attached hydrogens (primary N) is 1. The van der Waals surface area contributed by atoms with Gasteiger partial charge in [0.25, 0.3) is 0 Å². The third kappa shape index (κ3) is 4.58. The van der Waals surface area contributed by atoms with Crippen molar-refractivity contribution < 1.29 is 13.9 Å². The van der Waals surface area contributed by atoms with E-state index in [2.05, 4.69) is 5.32 Å². The highest BCUT2D eigenvalue weighted by atomic mass is 35.5. The molecule has 1 rings (SSSR count). The highest BCUT2D eigenvalue weighted by Gasteiger charge is 2.33. The van der Waals surface area contributed by atoms with Crippen molar-refractivity contribution in [3.05, 3.63) is 24.0 Å². The second-order valence-corrected chi connectivity index (χ2v) is 4.72. The molecule has 21 heavy (non-hydrogen) atoms. The molecule has 1 aromatic carbocycles. The largest absolute Gasteiger partial charge is 0.491 e. The molecule has 0 spiro atoms. The van der Waals surface area contributed by atoms with Gasteiger partial charge in [0, 0.05) is 18.3 Å². The summed E-state index contributed by atoms with van der Waals surface area (Å²) in [5.41, 5.74) is 5.53. The van der Waals surface area contributed by atoms with E-state index in [1.807, 2.05) is 13.8 Å². The van der Waals surface area contributed by atoms with Gasteiger partial charge in [-0.3, -0.25) is 4.79 Å². The van der Waals surface area contributed by atoms with Crippen LogP contribution >= 0.6 is 12.4 Å². The van der Waals surface area contributed by atoms with Crippen LogP contribution < -0.4 is 15.8 Å². The summed E-state index contributed by atoms with van der Waals surface area (Å²) in [5.74, 6) is -0.480. The predicted molar refractivity (Wildman–Crippen MR) is 85.5 cm³/mol. The molecule has 0 heterocycles. The number of carbonyl (C=O) groups is 1. The molecule has 120 valence electrons. The molecule has 1 amide bonds. The van der Waals surface area contributed by atoms with E-state index in [1.165, 1.54) is 12.1 Å². The number of hydrogen-bond acceptors (Lipinski definition) is 3. The number of rotatable bonds is 7. The Morgan fingerprint density at radius 1 is 1.33 bits per heavy atom. The lowest BCUT2D eigenvalue weighted by Crippen LogP contribution is -2.41. The number of amides is 1. The van der Waals surface area contributed by atoms with E-state index >= 15 is 0 Å². The van der Waals surface area contributed by atoms with Crippen LogP contribution in [0.15, 0.2) is 18.2 Å². The Hall–Kier alpha value is -1.33. The van der Waals surface area contributed by atoms with Crippen LogP contribution in [0.4, 0.5) is 10.1 Å². The SMILES string of the molecule is CCOc1ccc(NC(=O)C(CC)(CC)CN)cc1F.Cl. The van der Waals surface area contributed by atoms with Crippen molar-refractivity contribution in [1.29, 1.82) is 0 Å². The van der Waals surface area contributed by atoms with Crippen LogP contribution in [0.2, 0.25) is 0 Å². The van der Waals surface area contributed by atoms with Crippen LogP contribution in [-0.2, 0) is 4.79 Å². The standard InChI is InChI=1S/C15H23FN2O2.ClH/c1-4-15(5-2,10-17)14(19)18-11-7-8-13(20-6-3)12(16)9-11;/h7-9H,4-6,10,17H2,1-3H3,(H,18,19);1H. The van der Waals surface area contributed by atoms with Crippen molar-refractivity contribution >= 4 is 24.0 Å². The number of halogens is 2. The highest BCUT2D eigenvalue weighted by molar-refractivity contribution is 5.95. The van der Waals surface area contributed by atoms with Gasteiger partial charge in [-0.15, -0.1) is 12.4 Å². The average molecular weight is 319 g/mol. The van der Waals surface area contributed by atoms with Crippen LogP contribution in [-0.4, -0.2) is 19.1 Å². The van der Waals surface area contributed by atoms with E-state index in [1.54, 1.807) is 13.0 Å². The van der Waals surface area contributed by atoms with Crippen LogP contribution in [0, 0.1) is 11.2 Å². The zero-order chi connectivity index (χ0) is 15.2. The van der Waals surface area contributed by atoms with Gasteiger partial charge in [0.05, 0.1) is 12.0 Å². The van der Waals surface area contributed by atoms with Gasteiger partial charge in [0.15, 0.2) is 11.6 Å². The molecule has 0 aromatic heterocycles. The van der Waals surface area contributed by atoms with Gasteiger partial charge in [-0.25, -0.2) is 4.39 Å². The summed E-state index contributed by atoms with van der Waals surface area (Å²) in [4.78, 5) is 12.3. The maximum atomic E-state index is 13.7. The molecule has 0 atom stereocenters. The summed E-state index contributed by atoms with van der Waals surface area (Å²) < 4.78 is 18.8. The molecular weight excluding hydrogens is 295 g/mol. The topological polar surface area (TPSA) is 64.3 Å². The van der Waals surface area contributed by atoms with Gasteiger partial charge in [-0.2, -0.15) is 0 Å². The van der Waals surface area contributed by atoms with Crippen molar-refractivity contribution in [2.75, 3.05) is 18.5 Å². The number of hydrogen-bond donors (Lipinski definition) is 2. The Kier molecular flexibility index (Phi) is 8.29. The lowest BCUT2D eigenvalue weighted by Gasteiger charge is -2.28. The van der Waals surface area contributed by atoms with E-state index in [0.29, 0.717) is 25.1 Å². The summed E-state index contributed by atoms with van der Waals surface area (Å²) >= 11 is 0. The lowest BCUT2D eigenvalue weighted by atomic mass is 9.81. The first-order chi connectivity index (χ1) is 9.52. The molecule has 6 heteroatoms. The molecule has 0 fully saturated rings. The van der Waals surface area contributed by atoms with Crippen LogP contribution in [0.25, 0.3) is 0 Å². The Morgan fingerprint density at radius 3 is 2.38 bits per heavy atom. The molecule has 0 unspecified atom stereocenters. The Labute approximate surface area is 131 Å². The van der Waals surface area contributed by atoms with E-state index in [9.17, 15) is 9.18 Å². The van der Waals surface area contributed by atoms with Gasteiger partial charge < -0.3 is 15.8 Å². The molecule has 0 aliphatic heterocycles. The number of ether oxygens (including phenoxy) is 1. The molecule has 0 aliphatic carbocycles. The van der Waals surface area contributed by atoms with Gasteiger partial charge in [-0.1, -0.05) is 13.8 Å². The maximum absolute atomic E-state index is 13.7. The van der Waals surface area contributed by atoms with E-state index < -0.39 is 11.2 Å². The fourth-order valence-corrected chi connectivity index (χ4v) is 2.07. The molecule has 0 radical (unpaired) electrons. The normalized spacial score (nSPS) is 10.7. The van der Waals surface area contributed by atoms with Crippen molar-refractivity contribution in [1.82, 2.24) is 0 Å². The summed E-state index contributed by atoms with van der Waals surface area (Å²) in [6, 6.07) is 4.39. The molecule has 0 saturated carbocycles. The first-order valence-corrected chi connectivity index (χ1v) is 6.96. The summed E-state index contributed by atoms with van der Waals surface area (Å²) in [6.07, 6.45) is 1.29. The fourth-order valence-electron chi connectivity index (χ4n) is 2.07. The number of carbonyl (C=O) groups excluding carboxylic acids is 1. The molecule has 0 bridgehead atoms. The smallest absolute Gasteiger partial charge is 0.231 e. The van der Waals surface area contributed by atoms with E-state index in [-0.39, 0.29) is 30.6 Å². The molecule has 3 N–H and O–H groups in total. The monoisotopic (exact) mass is 318 g/mol. The summed E-state index contributed by atoms with van der Waals surface area (Å²) in [6.45, 7) is 6.30. The van der Waals surface area contributed by atoms with Crippen LogP contribution in [0.1, 0.15) is 33.6 Å². The summed E-state index contributed by atoms with van der Waals surface area (Å²) in [5, 5.41) is 2.73. The van der Waals surface area contributed by atoms with Crippen molar-refractivity contribution in [2.45, 2.75) is 33.6 Å². The second kappa shape index (κ2) is 8.85. The zero-order valence-corrected chi connectivity index (χ0v) is 13.6. The minimum absolute atomic E-state index is 0. The van der Waals surface area contributed by atoms with E-state index in [4.69, 9.17) is 10.5 Å². The molecule has 4 nitrogen and oxygen atoms in total.